The average molecular weight is 313 g/mol. The second kappa shape index (κ2) is 6.56. The van der Waals surface area contributed by atoms with Gasteiger partial charge in [0.2, 0.25) is 5.71 Å². The van der Waals surface area contributed by atoms with Crippen molar-refractivity contribution in [3.63, 3.8) is 0 Å². The number of nitrogens with one attached hydrogen (secondary N) is 1. The molecule has 1 rings (SSSR count). The molecule has 0 fully saturated rings. The third kappa shape index (κ3) is 4.37. The van der Waals surface area contributed by atoms with E-state index in [4.69, 9.17) is 11.6 Å². The maximum Gasteiger partial charge on any atom is 0.442 e. The number of nitrogens with zero attached hydrogens (tertiary/aromatic N) is 1. The Morgan fingerprint density at radius 3 is 2.60 bits per heavy atom. The molecule has 4 nitrogen and oxygen atoms in total. The van der Waals surface area contributed by atoms with Gasteiger partial charge in [0.25, 0.3) is 0 Å². The van der Waals surface area contributed by atoms with E-state index in [0.29, 0.717) is 0 Å². The van der Waals surface area contributed by atoms with Crippen LogP contribution in [-0.4, -0.2) is 24.5 Å². The molecule has 1 aromatic rings. The van der Waals surface area contributed by atoms with Crippen LogP contribution < -0.4 is 5.43 Å². The first-order valence-electron chi connectivity index (χ1n) is 5.28. The zero-order chi connectivity index (χ0) is 15.3. The number of carbonyl (C=O) groups excluding carboxylic acids is 1. The van der Waals surface area contributed by atoms with E-state index in [9.17, 15) is 22.4 Å². The average Bonchev–Trinajstić information content (AvgIpc) is 2.30. The summed E-state index contributed by atoms with van der Waals surface area (Å²) in [7, 11) is 0. The summed E-state index contributed by atoms with van der Waals surface area (Å²) in [6.07, 6.45) is -5.03. The van der Waals surface area contributed by atoms with Crippen LogP contribution in [-0.2, 0) is 9.53 Å². The van der Waals surface area contributed by atoms with E-state index in [1.807, 2.05) is 5.43 Å². The molecule has 1 N–H and O–H groups in total. The molecule has 0 aliphatic heterocycles. The highest BCUT2D eigenvalue weighted by molar-refractivity contribution is 6.38. The molecular weight excluding hydrogens is 304 g/mol. The zero-order valence-corrected chi connectivity index (χ0v) is 10.8. The van der Waals surface area contributed by atoms with E-state index in [1.165, 1.54) is 13.0 Å². The largest absolute Gasteiger partial charge is 0.461 e. The molecule has 0 saturated carbocycles. The molecule has 0 atom stereocenters. The van der Waals surface area contributed by atoms with Crippen LogP contribution in [0.25, 0.3) is 0 Å². The monoisotopic (exact) mass is 312 g/mol. The van der Waals surface area contributed by atoms with Crippen molar-refractivity contribution >= 4 is 29.0 Å². The van der Waals surface area contributed by atoms with Gasteiger partial charge in [0, 0.05) is 5.02 Å². The summed E-state index contributed by atoms with van der Waals surface area (Å²) >= 11 is 5.49. The quantitative estimate of drug-likeness (QED) is 0.401. The molecule has 110 valence electrons. The maximum absolute atomic E-state index is 13.3. The number of hydrazone groups is 1. The predicted octanol–water partition coefficient (Wildman–Crippen LogP) is 3.37. The van der Waals surface area contributed by atoms with E-state index >= 15 is 0 Å². The van der Waals surface area contributed by atoms with Crippen LogP contribution in [0.4, 0.5) is 23.2 Å². The van der Waals surface area contributed by atoms with Crippen LogP contribution in [0.3, 0.4) is 0 Å². The SMILES string of the molecule is CCOC(=O)/C(=N/Nc1ccc(Cl)cc1F)C(F)(F)F. The maximum atomic E-state index is 13.3. The highest BCUT2D eigenvalue weighted by Crippen LogP contribution is 2.21. The first-order chi connectivity index (χ1) is 9.25. The summed E-state index contributed by atoms with van der Waals surface area (Å²) in [6.45, 7) is 1.10. The second-order valence-electron chi connectivity index (χ2n) is 3.41. The van der Waals surface area contributed by atoms with E-state index in [-0.39, 0.29) is 17.3 Å². The molecule has 0 saturated heterocycles. The fourth-order valence-electron chi connectivity index (χ4n) is 1.12. The van der Waals surface area contributed by atoms with Gasteiger partial charge in [-0.1, -0.05) is 11.6 Å². The van der Waals surface area contributed by atoms with Crippen molar-refractivity contribution < 1.29 is 27.1 Å². The molecule has 0 bridgehead atoms. The van der Waals surface area contributed by atoms with Crippen LogP contribution >= 0.6 is 11.6 Å². The Morgan fingerprint density at radius 2 is 2.10 bits per heavy atom. The van der Waals surface area contributed by atoms with Gasteiger partial charge in [-0.3, -0.25) is 5.43 Å². The molecular formula is C11H9ClF4N2O2. The number of benzene rings is 1. The summed E-state index contributed by atoms with van der Waals surface area (Å²) < 4.78 is 55.3. The molecule has 9 heteroatoms. The van der Waals surface area contributed by atoms with Crippen LogP contribution in [0.2, 0.25) is 5.02 Å². The van der Waals surface area contributed by atoms with Gasteiger partial charge in [0.15, 0.2) is 0 Å². The minimum atomic E-state index is -5.03. The molecule has 0 aromatic heterocycles. The minimum Gasteiger partial charge on any atom is -0.461 e. The lowest BCUT2D eigenvalue weighted by Crippen LogP contribution is -2.33. The van der Waals surface area contributed by atoms with Crippen molar-refractivity contribution in [2.75, 3.05) is 12.0 Å². The number of rotatable bonds is 4. The Bertz CT molecular complexity index is 532. The van der Waals surface area contributed by atoms with Crippen LogP contribution in [0.5, 0.6) is 0 Å². The number of carbonyl (C=O) groups is 1. The first-order valence-corrected chi connectivity index (χ1v) is 5.66. The third-order valence-electron chi connectivity index (χ3n) is 1.96. The molecule has 1 aromatic carbocycles. The summed E-state index contributed by atoms with van der Waals surface area (Å²) in [5.74, 6) is -2.56. The van der Waals surface area contributed by atoms with Gasteiger partial charge >= 0.3 is 12.1 Å². The molecule has 0 amide bonds. The highest BCUT2D eigenvalue weighted by atomic mass is 35.5. The standard InChI is InChI=1S/C11H9ClF4N2O2/c1-2-20-10(19)9(11(14,15)16)18-17-8-4-3-6(12)5-7(8)13/h3-5,17H,2H2,1H3/b18-9-. The van der Waals surface area contributed by atoms with Gasteiger partial charge in [-0.25, -0.2) is 9.18 Å². The fraction of sp³-hybridized carbons (Fsp3) is 0.273. The smallest absolute Gasteiger partial charge is 0.442 e. The Labute approximate surface area is 116 Å². The minimum absolute atomic E-state index is 0.0680. The lowest BCUT2D eigenvalue weighted by molar-refractivity contribution is -0.139. The van der Waals surface area contributed by atoms with Crippen molar-refractivity contribution in [1.29, 1.82) is 0 Å². The lowest BCUT2D eigenvalue weighted by Gasteiger charge is -2.10. The molecule has 0 aliphatic carbocycles. The fourth-order valence-corrected chi connectivity index (χ4v) is 1.28. The molecule has 0 spiro atoms. The van der Waals surface area contributed by atoms with E-state index in [2.05, 4.69) is 9.84 Å². The Hall–Kier alpha value is -1.83. The van der Waals surface area contributed by atoms with E-state index in [0.717, 1.165) is 12.1 Å². The number of anilines is 1. The molecule has 0 aliphatic rings. The van der Waals surface area contributed by atoms with Crippen molar-refractivity contribution in [1.82, 2.24) is 0 Å². The zero-order valence-electron chi connectivity index (χ0n) is 10.1. The number of hydrogen-bond donors (Lipinski definition) is 1. The van der Waals surface area contributed by atoms with Gasteiger partial charge in [0.05, 0.1) is 12.3 Å². The van der Waals surface area contributed by atoms with Gasteiger partial charge in [-0.05, 0) is 25.1 Å². The third-order valence-corrected chi connectivity index (χ3v) is 2.19. The van der Waals surface area contributed by atoms with Crippen LogP contribution in [0.15, 0.2) is 23.3 Å². The number of halogens is 5. The summed E-state index contributed by atoms with van der Waals surface area (Å²) in [6, 6.07) is 3.22. The normalized spacial score (nSPS) is 12.2. The highest BCUT2D eigenvalue weighted by Gasteiger charge is 2.42. The van der Waals surface area contributed by atoms with Gasteiger partial charge in [0.1, 0.15) is 5.82 Å². The topological polar surface area (TPSA) is 50.7 Å². The Kier molecular flexibility index (Phi) is 5.32. The summed E-state index contributed by atoms with van der Waals surface area (Å²) in [4.78, 5) is 11.1. The number of esters is 1. The summed E-state index contributed by atoms with van der Waals surface area (Å²) in [5.41, 5.74) is -0.352. The van der Waals surface area contributed by atoms with Crippen molar-refractivity contribution in [3.8, 4) is 0 Å². The number of alkyl halides is 3. The van der Waals surface area contributed by atoms with Crippen LogP contribution in [0.1, 0.15) is 6.92 Å². The Balaban J connectivity index is 3.00. The second-order valence-corrected chi connectivity index (χ2v) is 3.85. The number of hydrogen-bond acceptors (Lipinski definition) is 4. The molecule has 0 radical (unpaired) electrons. The Morgan fingerprint density at radius 1 is 1.45 bits per heavy atom. The van der Waals surface area contributed by atoms with E-state index < -0.39 is 23.7 Å². The van der Waals surface area contributed by atoms with Gasteiger partial charge in [-0.2, -0.15) is 18.3 Å². The molecule has 0 unspecified atom stereocenters. The van der Waals surface area contributed by atoms with Crippen molar-refractivity contribution in [2.45, 2.75) is 13.1 Å². The molecule has 20 heavy (non-hydrogen) atoms. The summed E-state index contributed by atoms with van der Waals surface area (Å²) in [5, 5.41) is 2.93. The van der Waals surface area contributed by atoms with E-state index in [1.54, 1.807) is 0 Å². The van der Waals surface area contributed by atoms with Crippen molar-refractivity contribution in [2.24, 2.45) is 5.10 Å². The van der Waals surface area contributed by atoms with Crippen molar-refractivity contribution in [3.05, 3.63) is 29.0 Å². The van der Waals surface area contributed by atoms with Gasteiger partial charge < -0.3 is 4.74 Å². The van der Waals surface area contributed by atoms with Crippen LogP contribution in [0, 0.1) is 5.82 Å². The number of ether oxygens (including phenoxy) is 1. The first kappa shape index (κ1) is 16.2. The predicted molar refractivity (Wildman–Crippen MR) is 65.2 cm³/mol. The molecule has 0 heterocycles. The van der Waals surface area contributed by atoms with Gasteiger partial charge in [-0.15, -0.1) is 0 Å². The lowest BCUT2D eigenvalue weighted by atomic mass is 10.3.